The zero-order chi connectivity index (χ0) is 19.6. The lowest BCUT2D eigenvalue weighted by atomic mass is 9.94. The molecule has 0 unspecified atom stereocenters. The first-order valence-electron chi connectivity index (χ1n) is 10.0. The second-order valence-corrected chi connectivity index (χ2v) is 7.52. The molecule has 2 N–H and O–H groups in total. The molecule has 29 heavy (non-hydrogen) atoms. The van der Waals surface area contributed by atoms with Gasteiger partial charge in [-0.2, -0.15) is 10.2 Å². The fraction of sp³-hybridized carbons (Fsp3) is 0.273. The second-order valence-electron chi connectivity index (χ2n) is 7.52. The van der Waals surface area contributed by atoms with Gasteiger partial charge in [-0.1, -0.05) is 31.4 Å². The molecular formula is C22H22N6O. The molecular weight excluding hydrogens is 364 g/mol. The zero-order valence-electron chi connectivity index (χ0n) is 16.0. The van der Waals surface area contributed by atoms with Gasteiger partial charge in [0.1, 0.15) is 6.33 Å². The average molecular weight is 386 g/mol. The molecule has 1 amide bonds. The van der Waals surface area contributed by atoms with E-state index in [1.807, 2.05) is 35.2 Å². The molecule has 0 bridgehead atoms. The highest BCUT2D eigenvalue weighted by molar-refractivity contribution is 5.96. The van der Waals surface area contributed by atoms with Crippen LogP contribution in [-0.2, 0) is 4.79 Å². The summed E-state index contributed by atoms with van der Waals surface area (Å²) in [4.78, 5) is 18.0. The van der Waals surface area contributed by atoms with Gasteiger partial charge >= 0.3 is 0 Å². The van der Waals surface area contributed by atoms with E-state index in [2.05, 4.69) is 37.5 Å². The van der Waals surface area contributed by atoms with Crippen molar-refractivity contribution in [3.63, 3.8) is 0 Å². The molecule has 5 rings (SSSR count). The van der Waals surface area contributed by atoms with Crippen LogP contribution in [0.2, 0.25) is 0 Å². The maximum Gasteiger partial charge on any atom is 0.214 e. The Morgan fingerprint density at radius 2 is 1.90 bits per heavy atom. The molecule has 1 aliphatic carbocycles. The molecule has 1 saturated carbocycles. The third-order valence-electron chi connectivity index (χ3n) is 5.75. The summed E-state index contributed by atoms with van der Waals surface area (Å²) in [5, 5.41) is 15.5. The average Bonchev–Trinajstić information content (AvgIpc) is 3.45. The summed E-state index contributed by atoms with van der Waals surface area (Å²) in [6, 6.07) is 14.4. The highest BCUT2D eigenvalue weighted by atomic mass is 16.1. The first-order chi connectivity index (χ1) is 14.3. The molecule has 2 aromatic heterocycles. The van der Waals surface area contributed by atoms with Crippen molar-refractivity contribution in [2.45, 2.75) is 38.1 Å². The lowest BCUT2D eigenvalue weighted by Gasteiger charge is -2.31. The van der Waals surface area contributed by atoms with Gasteiger partial charge in [0.05, 0.1) is 11.2 Å². The van der Waals surface area contributed by atoms with Crippen LogP contribution in [0.5, 0.6) is 0 Å². The number of carbonyl (C=O) groups excluding carboxylic acids is 1. The topological polar surface area (TPSA) is 90.6 Å². The van der Waals surface area contributed by atoms with Gasteiger partial charge in [0.15, 0.2) is 5.82 Å². The van der Waals surface area contributed by atoms with Gasteiger partial charge in [-0.3, -0.25) is 15.0 Å². The number of aromatic amines is 2. The van der Waals surface area contributed by atoms with E-state index in [9.17, 15) is 4.79 Å². The molecule has 7 heteroatoms. The van der Waals surface area contributed by atoms with Crippen molar-refractivity contribution in [1.82, 2.24) is 25.4 Å². The molecule has 0 saturated heterocycles. The maximum atomic E-state index is 11.9. The summed E-state index contributed by atoms with van der Waals surface area (Å²) in [5.41, 5.74) is 4.66. The van der Waals surface area contributed by atoms with Gasteiger partial charge in [0.2, 0.25) is 6.41 Å². The van der Waals surface area contributed by atoms with Crippen molar-refractivity contribution in [2.75, 3.05) is 4.90 Å². The molecule has 0 spiro atoms. The maximum absolute atomic E-state index is 11.9. The molecule has 2 heterocycles. The van der Waals surface area contributed by atoms with Gasteiger partial charge in [-0.15, -0.1) is 0 Å². The van der Waals surface area contributed by atoms with Gasteiger partial charge < -0.3 is 4.90 Å². The van der Waals surface area contributed by atoms with Crippen LogP contribution in [0.1, 0.15) is 32.1 Å². The van der Waals surface area contributed by atoms with Crippen LogP contribution >= 0.6 is 0 Å². The van der Waals surface area contributed by atoms with Crippen molar-refractivity contribution in [3.8, 4) is 22.6 Å². The third-order valence-corrected chi connectivity index (χ3v) is 5.75. The zero-order valence-corrected chi connectivity index (χ0v) is 16.0. The molecule has 0 aliphatic heterocycles. The summed E-state index contributed by atoms with van der Waals surface area (Å²) < 4.78 is 0. The van der Waals surface area contributed by atoms with Crippen LogP contribution in [0.3, 0.4) is 0 Å². The van der Waals surface area contributed by atoms with Crippen LogP contribution in [-0.4, -0.2) is 37.8 Å². The number of nitrogens with one attached hydrogen (secondary N) is 2. The predicted molar refractivity (Wildman–Crippen MR) is 112 cm³/mol. The molecule has 7 nitrogen and oxygen atoms in total. The largest absolute Gasteiger partial charge is 0.312 e. The fourth-order valence-corrected chi connectivity index (χ4v) is 4.26. The Morgan fingerprint density at radius 1 is 1.00 bits per heavy atom. The Hall–Kier alpha value is -3.48. The van der Waals surface area contributed by atoms with Crippen LogP contribution in [0.25, 0.3) is 33.5 Å². The Labute approximate surface area is 168 Å². The van der Waals surface area contributed by atoms with Gasteiger partial charge in [-0.25, -0.2) is 4.98 Å². The number of amides is 1. The predicted octanol–water partition coefficient (Wildman–Crippen LogP) is 4.31. The van der Waals surface area contributed by atoms with Crippen molar-refractivity contribution in [1.29, 1.82) is 0 Å². The van der Waals surface area contributed by atoms with E-state index in [0.29, 0.717) is 0 Å². The highest BCUT2D eigenvalue weighted by Gasteiger charge is 2.22. The first-order valence-corrected chi connectivity index (χ1v) is 10.0. The number of rotatable bonds is 5. The van der Waals surface area contributed by atoms with Crippen LogP contribution < -0.4 is 4.90 Å². The molecule has 2 aromatic carbocycles. The van der Waals surface area contributed by atoms with E-state index in [-0.39, 0.29) is 6.04 Å². The second kappa shape index (κ2) is 7.50. The molecule has 0 atom stereocenters. The lowest BCUT2D eigenvalue weighted by Crippen LogP contribution is -2.35. The Bertz CT molecular complexity index is 1130. The minimum atomic E-state index is 0.283. The Balaban J connectivity index is 1.54. The number of hydrogen-bond acceptors (Lipinski definition) is 4. The van der Waals surface area contributed by atoms with E-state index < -0.39 is 0 Å². The lowest BCUT2D eigenvalue weighted by molar-refractivity contribution is -0.108. The van der Waals surface area contributed by atoms with Crippen LogP contribution in [0.15, 0.2) is 48.8 Å². The minimum Gasteiger partial charge on any atom is -0.312 e. The number of fused-ring (bicyclic) bond motifs is 1. The quantitative estimate of drug-likeness (QED) is 0.500. The number of aromatic nitrogens is 5. The minimum absolute atomic E-state index is 0.283. The SMILES string of the molecule is O=CN(c1cccc(-c2n[nH]c3ccc(-c4ncn[nH]4)cc23)c1)C1CCCCC1. The van der Waals surface area contributed by atoms with E-state index in [1.165, 1.54) is 25.6 Å². The smallest absolute Gasteiger partial charge is 0.214 e. The van der Waals surface area contributed by atoms with Crippen LogP contribution in [0.4, 0.5) is 5.69 Å². The summed E-state index contributed by atoms with van der Waals surface area (Å²) in [6.45, 7) is 0. The monoisotopic (exact) mass is 386 g/mol. The summed E-state index contributed by atoms with van der Waals surface area (Å²) >= 11 is 0. The van der Waals surface area contributed by atoms with Crippen molar-refractivity contribution >= 4 is 23.0 Å². The van der Waals surface area contributed by atoms with Crippen LogP contribution in [0, 0.1) is 0 Å². The van der Waals surface area contributed by atoms with E-state index in [0.717, 1.165) is 58.5 Å². The molecule has 0 radical (unpaired) electrons. The molecule has 1 aliphatic rings. The Morgan fingerprint density at radius 3 is 2.69 bits per heavy atom. The summed E-state index contributed by atoms with van der Waals surface area (Å²) in [6.07, 6.45) is 8.23. The van der Waals surface area contributed by atoms with Gasteiger partial charge in [0.25, 0.3) is 0 Å². The Kier molecular flexibility index (Phi) is 4.56. The standard InChI is InChI=1S/C22H22N6O/c29-14-28(17-6-2-1-3-7-17)18-8-4-5-15(11-18)21-19-12-16(22-23-13-24-27-22)9-10-20(19)25-26-21/h4-5,8-14,17H,1-3,6-7H2,(H,25,26)(H,23,24,27). The normalized spacial score (nSPS) is 14.9. The number of nitrogens with zero attached hydrogens (tertiary/aromatic N) is 4. The van der Waals surface area contributed by atoms with E-state index >= 15 is 0 Å². The van der Waals surface area contributed by atoms with Gasteiger partial charge in [0, 0.05) is 28.2 Å². The summed E-state index contributed by atoms with van der Waals surface area (Å²) in [7, 11) is 0. The van der Waals surface area contributed by atoms with Gasteiger partial charge in [-0.05, 0) is 43.2 Å². The molecule has 146 valence electrons. The fourth-order valence-electron chi connectivity index (χ4n) is 4.26. The number of benzene rings is 2. The molecule has 4 aromatic rings. The number of anilines is 1. The van der Waals surface area contributed by atoms with Crippen molar-refractivity contribution < 1.29 is 4.79 Å². The number of H-pyrrole nitrogens is 2. The summed E-state index contributed by atoms with van der Waals surface area (Å²) in [5.74, 6) is 0.720. The van der Waals surface area contributed by atoms with Crippen molar-refractivity contribution in [3.05, 3.63) is 48.8 Å². The molecule has 1 fully saturated rings. The first kappa shape index (κ1) is 17.6. The highest BCUT2D eigenvalue weighted by Crippen LogP contribution is 2.33. The third kappa shape index (κ3) is 3.29. The van der Waals surface area contributed by atoms with E-state index in [1.54, 1.807) is 0 Å². The number of hydrogen-bond donors (Lipinski definition) is 2. The van der Waals surface area contributed by atoms with E-state index in [4.69, 9.17) is 0 Å². The van der Waals surface area contributed by atoms with Crippen molar-refractivity contribution in [2.24, 2.45) is 0 Å². The number of carbonyl (C=O) groups is 1.